The van der Waals surface area contributed by atoms with Gasteiger partial charge in [0.25, 0.3) is 0 Å². The van der Waals surface area contributed by atoms with Crippen molar-refractivity contribution in [1.82, 2.24) is 19.5 Å². The monoisotopic (exact) mass is 341 g/mol. The zero-order valence-corrected chi connectivity index (χ0v) is 14.6. The van der Waals surface area contributed by atoms with E-state index in [9.17, 15) is 0 Å². The molecule has 3 aromatic rings. The second-order valence-corrected chi connectivity index (χ2v) is 7.16. The van der Waals surface area contributed by atoms with Crippen LogP contribution in [0.1, 0.15) is 25.6 Å². The largest absolute Gasteiger partial charge is 0.354 e. The van der Waals surface area contributed by atoms with Crippen molar-refractivity contribution in [2.45, 2.75) is 26.3 Å². The van der Waals surface area contributed by atoms with Gasteiger partial charge in [0.1, 0.15) is 11.6 Å². The van der Waals surface area contributed by atoms with Crippen LogP contribution in [0.15, 0.2) is 36.8 Å². The molecule has 5 nitrogen and oxygen atoms in total. The smallest absolute Gasteiger partial charge is 0.147 e. The van der Waals surface area contributed by atoms with Crippen LogP contribution in [0.4, 0.5) is 5.82 Å². The summed E-state index contributed by atoms with van der Waals surface area (Å²) < 4.78 is 2.28. The van der Waals surface area contributed by atoms with Gasteiger partial charge in [-0.05, 0) is 18.2 Å². The molecule has 124 valence electrons. The topological polar surface area (TPSA) is 46.8 Å². The molecular formula is C18H20ClN5. The summed E-state index contributed by atoms with van der Waals surface area (Å²) in [5.74, 6) is 3.18. The van der Waals surface area contributed by atoms with Crippen LogP contribution in [-0.2, 0) is 6.54 Å². The minimum atomic E-state index is 0.453. The fourth-order valence-corrected chi connectivity index (χ4v) is 3.42. The van der Waals surface area contributed by atoms with E-state index in [1.807, 2.05) is 30.6 Å². The maximum Gasteiger partial charge on any atom is 0.147 e. The van der Waals surface area contributed by atoms with Crippen LogP contribution >= 0.6 is 11.6 Å². The van der Waals surface area contributed by atoms with Gasteiger partial charge in [0.05, 0.1) is 17.2 Å². The normalized spacial score (nSPS) is 15.2. The first kappa shape index (κ1) is 15.4. The van der Waals surface area contributed by atoms with Gasteiger partial charge in [-0.1, -0.05) is 25.4 Å². The van der Waals surface area contributed by atoms with Gasteiger partial charge in [-0.3, -0.25) is 4.98 Å². The molecule has 1 saturated heterocycles. The average Bonchev–Trinajstić information content (AvgIpc) is 2.98. The molecule has 4 rings (SSSR count). The summed E-state index contributed by atoms with van der Waals surface area (Å²) >= 11 is 6.00. The summed E-state index contributed by atoms with van der Waals surface area (Å²) in [6.07, 6.45) is 5.81. The molecule has 0 bridgehead atoms. The number of fused-ring (bicyclic) bond motifs is 1. The zero-order chi connectivity index (χ0) is 16.7. The van der Waals surface area contributed by atoms with Gasteiger partial charge in [0.15, 0.2) is 0 Å². The van der Waals surface area contributed by atoms with Crippen LogP contribution in [-0.4, -0.2) is 32.6 Å². The fraction of sp³-hybridized carbons (Fsp3) is 0.389. The third-order valence-corrected chi connectivity index (χ3v) is 4.73. The second kappa shape index (κ2) is 6.06. The second-order valence-electron chi connectivity index (χ2n) is 6.72. The Labute approximate surface area is 146 Å². The number of hydrogen-bond acceptors (Lipinski definition) is 4. The van der Waals surface area contributed by atoms with E-state index >= 15 is 0 Å². The fourth-order valence-electron chi connectivity index (χ4n) is 3.25. The highest BCUT2D eigenvalue weighted by atomic mass is 35.5. The van der Waals surface area contributed by atoms with Crippen LogP contribution in [0.3, 0.4) is 0 Å². The number of aromatic nitrogens is 4. The highest BCUT2D eigenvalue weighted by Gasteiger charge is 2.29. The van der Waals surface area contributed by atoms with Crippen molar-refractivity contribution >= 4 is 28.5 Å². The van der Waals surface area contributed by atoms with E-state index in [2.05, 4.69) is 39.5 Å². The number of hydrogen-bond donors (Lipinski definition) is 0. The third-order valence-electron chi connectivity index (χ3n) is 4.49. The van der Waals surface area contributed by atoms with E-state index in [1.54, 1.807) is 0 Å². The Bertz CT molecular complexity index is 867. The van der Waals surface area contributed by atoms with Crippen molar-refractivity contribution in [2.24, 2.45) is 5.92 Å². The van der Waals surface area contributed by atoms with E-state index in [-0.39, 0.29) is 0 Å². The standard InChI is InChI=1S/C18H20ClN5/c1-12(2)18-20-5-6-23(18)9-13-10-24(11-13)17-8-21-16-7-14(19)3-4-15(16)22-17/h3-8,12-13H,9-11H2,1-2H3. The van der Waals surface area contributed by atoms with E-state index in [0.29, 0.717) is 16.9 Å². The molecule has 6 heteroatoms. The van der Waals surface area contributed by atoms with E-state index in [4.69, 9.17) is 16.6 Å². The van der Waals surface area contributed by atoms with E-state index < -0.39 is 0 Å². The van der Waals surface area contributed by atoms with Gasteiger partial charge in [0, 0.05) is 48.9 Å². The summed E-state index contributed by atoms with van der Waals surface area (Å²) in [4.78, 5) is 15.9. The third kappa shape index (κ3) is 2.84. The van der Waals surface area contributed by atoms with Crippen LogP contribution < -0.4 is 4.90 Å². The number of halogens is 1. The molecule has 0 spiro atoms. The van der Waals surface area contributed by atoms with Gasteiger partial charge in [0.2, 0.25) is 0 Å². The van der Waals surface area contributed by atoms with Crippen LogP contribution in [0, 0.1) is 5.92 Å². The molecule has 3 heterocycles. The lowest BCUT2D eigenvalue weighted by Gasteiger charge is -2.40. The van der Waals surface area contributed by atoms with Crippen molar-refractivity contribution in [3.63, 3.8) is 0 Å². The van der Waals surface area contributed by atoms with Crippen molar-refractivity contribution < 1.29 is 0 Å². The Morgan fingerprint density at radius 2 is 2.04 bits per heavy atom. The molecule has 1 aliphatic rings. The van der Waals surface area contributed by atoms with Gasteiger partial charge in [-0.15, -0.1) is 0 Å². The molecule has 1 fully saturated rings. The summed E-state index contributed by atoms with van der Waals surface area (Å²) in [7, 11) is 0. The van der Waals surface area contributed by atoms with Crippen LogP contribution in [0.2, 0.25) is 5.02 Å². The molecule has 1 aromatic carbocycles. The summed E-state index contributed by atoms with van der Waals surface area (Å²) in [5, 5.41) is 0.690. The number of anilines is 1. The number of imidazole rings is 1. The minimum absolute atomic E-state index is 0.453. The van der Waals surface area contributed by atoms with Gasteiger partial charge in [-0.2, -0.15) is 0 Å². The molecular weight excluding hydrogens is 322 g/mol. The lowest BCUT2D eigenvalue weighted by Crippen LogP contribution is -2.49. The molecule has 0 amide bonds. The Morgan fingerprint density at radius 1 is 1.21 bits per heavy atom. The van der Waals surface area contributed by atoms with Crippen molar-refractivity contribution in [3.05, 3.63) is 47.6 Å². The summed E-state index contributed by atoms with van der Waals surface area (Å²) in [6, 6.07) is 5.62. The number of rotatable bonds is 4. The molecule has 2 aromatic heterocycles. The molecule has 0 radical (unpaired) electrons. The van der Waals surface area contributed by atoms with Gasteiger partial charge < -0.3 is 9.47 Å². The Morgan fingerprint density at radius 3 is 2.83 bits per heavy atom. The van der Waals surface area contributed by atoms with Crippen LogP contribution in [0.25, 0.3) is 11.0 Å². The summed E-state index contributed by atoms with van der Waals surface area (Å²) in [5.41, 5.74) is 1.72. The molecule has 24 heavy (non-hydrogen) atoms. The summed E-state index contributed by atoms with van der Waals surface area (Å²) in [6.45, 7) is 7.39. The lowest BCUT2D eigenvalue weighted by atomic mass is 10.00. The van der Waals surface area contributed by atoms with E-state index in [1.165, 1.54) is 0 Å². The predicted molar refractivity (Wildman–Crippen MR) is 96.6 cm³/mol. The first-order chi connectivity index (χ1) is 11.6. The van der Waals surface area contributed by atoms with Crippen molar-refractivity contribution in [3.8, 4) is 0 Å². The quantitative estimate of drug-likeness (QED) is 0.725. The average molecular weight is 342 g/mol. The highest BCUT2D eigenvalue weighted by Crippen LogP contribution is 2.26. The number of benzene rings is 1. The zero-order valence-electron chi connectivity index (χ0n) is 13.9. The Kier molecular flexibility index (Phi) is 3.88. The molecule has 0 aliphatic carbocycles. The molecule has 0 N–H and O–H groups in total. The first-order valence-corrected chi connectivity index (χ1v) is 8.66. The first-order valence-electron chi connectivity index (χ1n) is 8.28. The van der Waals surface area contributed by atoms with Crippen LogP contribution in [0.5, 0.6) is 0 Å². The van der Waals surface area contributed by atoms with E-state index in [0.717, 1.165) is 42.3 Å². The molecule has 1 aliphatic heterocycles. The van der Waals surface area contributed by atoms with Gasteiger partial charge >= 0.3 is 0 Å². The Hall–Kier alpha value is -2.14. The lowest BCUT2D eigenvalue weighted by molar-refractivity contribution is 0.349. The molecule has 0 atom stereocenters. The highest BCUT2D eigenvalue weighted by molar-refractivity contribution is 6.31. The van der Waals surface area contributed by atoms with Crippen molar-refractivity contribution in [1.29, 1.82) is 0 Å². The number of nitrogens with zero attached hydrogens (tertiary/aromatic N) is 5. The SMILES string of the molecule is CC(C)c1nccn1CC1CN(c2cnc3cc(Cl)ccc3n2)C1. The van der Waals surface area contributed by atoms with Crippen molar-refractivity contribution in [2.75, 3.05) is 18.0 Å². The predicted octanol–water partition coefficient (Wildman–Crippen LogP) is 3.74. The van der Waals surface area contributed by atoms with Gasteiger partial charge in [-0.25, -0.2) is 9.97 Å². The maximum atomic E-state index is 6.00. The maximum absolute atomic E-state index is 6.00. The Balaban J connectivity index is 1.44. The minimum Gasteiger partial charge on any atom is -0.354 e. The molecule has 0 saturated carbocycles. The molecule has 0 unspecified atom stereocenters.